The van der Waals surface area contributed by atoms with Crippen LogP contribution in [0.3, 0.4) is 0 Å². The van der Waals surface area contributed by atoms with E-state index in [0.717, 1.165) is 13.0 Å². The van der Waals surface area contributed by atoms with Crippen molar-refractivity contribution in [3.63, 3.8) is 0 Å². The van der Waals surface area contributed by atoms with Crippen LogP contribution in [0.2, 0.25) is 0 Å². The maximum absolute atomic E-state index is 9.50. The van der Waals surface area contributed by atoms with Crippen molar-refractivity contribution in [1.29, 1.82) is 0 Å². The van der Waals surface area contributed by atoms with Gasteiger partial charge in [0.2, 0.25) is 0 Å². The van der Waals surface area contributed by atoms with Gasteiger partial charge in [0.25, 0.3) is 0 Å². The molecular weight excluding hydrogens is 187 g/mol. The molecule has 0 heterocycles. The highest BCUT2D eigenvalue weighted by atomic mass is 79.9. The first-order chi connectivity index (χ1) is 4.41. The molecule has 0 saturated heterocycles. The lowest BCUT2D eigenvalue weighted by atomic mass is 10.5. The summed E-state index contributed by atoms with van der Waals surface area (Å²) < 4.78 is 14.2. The minimum atomic E-state index is 0.500. The maximum atomic E-state index is 9.50. The standard InChI is InChI=1S/C4H10O.CH3Br.CH3F/c1-3-4-5-2;2*1-2/h3-4H2,1-2H3;2*1H3. The third-order valence-corrected chi connectivity index (χ3v) is 0.408. The molecule has 0 amide bonds. The summed E-state index contributed by atoms with van der Waals surface area (Å²) in [6.45, 7) is 2.98. The number of hydrogen-bond donors (Lipinski definition) is 0. The predicted octanol–water partition coefficient (Wildman–Crippen LogP) is 2.64. The van der Waals surface area contributed by atoms with Crippen LogP contribution in [-0.2, 0) is 4.74 Å². The molecule has 1 nitrogen and oxygen atoms in total. The Hall–Kier alpha value is 0.370. The number of halogens is 2. The van der Waals surface area contributed by atoms with E-state index in [1.807, 2.05) is 5.83 Å². The molecule has 0 unspecified atom stereocenters. The number of ether oxygens (including phenoxy) is 1. The van der Waals surface area contributed by atoms with Crippen LogP contribution in [0, 0.1) is 0 Å². The van der Waals surface area contributed by atoms with Crippen LogP contribution in [0.1, 0.15) is 13.3 Å². The van der Waals surface area contributed by atoms with Crippen LogP contribution < -0.4 is 0 Å². The van der Waals surface area contributed by atoms with Gasteiger partial charge in [0.05, 0.1) is 7.18 Å². The average Bonchev–Trinajstić information content (AvgIpc) is 1.98. The Morgan fingerprint density at radius 2 is 1.67 bits per heavy atom. The Balaban J connectivity index is -0.0000000771. The number of rotatable bonds is 2. The smallest absolute Gasteiger partial charge is 0.0785 e. The molecule has 0 aromatic heterocycles. The van der Waals surface area contributed by atoms with Gasteiger partial charge in [0, 0.05) is 13.7 Å². The second kappa shape index (κ2) is 40.0. The first kappa shape index (κ1) is 16.2. The molecule has 0 saturated carbocycles. The van der Waals surface area contributed by atoms with E-state index in [4.69, 9.17) is 4.74 Å². The molecule has 9 heavy (non-hydrogen) atoms. The molecular formula is C6H16BrFO. The van der Waals surface area contributed by atoms with Crippen molar-refractivity contribution in [3.8, 4) is 0 Å². The van der Waals surface area contributed by atoms with Gasteiger partial charge in [-0.3, -0.25) is 4.39 Å². The van der Waals surface area contributed by atoms with Crippen LogP contribution in [0.25, 0.3) is 0 Å². The van der Waals surface area contributed by atoms with E-state index in [9.17, 15) is 4.39 Å². The van der Waals surface area contributed by atoms with Gasteiger partial charge < -0.3 is 4.74 Å². The molecule has 0 rings (SSSR count). The molecule has 0 bridgehead atoms. The largest absolute Gasteiger partial charge is 0.385 e. The number of hydrogen-bond acceptors (Lipinski definition) is 1. The van der Waals surface area contributed by atoms with Crippen molar-refractivity contribution in [2.24, 2.45) is 0 Å². The fraction of sp³-hybridized carbons (Fsp3) is 1.00. The molecule has 0 radical (unpaired) electrons. The van der Waals surface area contributed by atoms with Crippen LogP contribution in [0.15, 0.2) is 0 Å². The summed E-state index contributed by atoms with van der Waals surface area (Å²) in [5.41, 5.74) is 0. The molecule has 0 aromatic carbocycles. The normalized spacial score (nSPS) is 6.00. The summed E-state index contributed by atoms with van der Waals surface area (Å²) in [5.74, 6) is 1.81. The maximum Gasteiger partial charge on any atom is 0.0785 e. The fourth-order valence-corrected chi connectivity index (χ4v) is 0.204. The van der Waals surface area contributed by atoms with Crippen molar-refractivity contribution in [1.82, 2.24) is 0 Å². The predicted molar refractivity (Wildman–Crippen MR) is 44.1 cm³/mol. The fourth-order valence-electron chi connectivity index (χ4n) is 0.204. The molecule has 0 aliphatic carbocycles. The third kappa shape index (κ3) is 60.5. The van der Waals surface area contributed by atoms with Crippen LogP contribution in [0.4, 0.5) is 4.39 Å². The summed E-state index contributed by atoms with van der Waals surface area (Å²) in [7, 11) is 2.21. The van der Waals surface area contributed by atoms with Crippen molar-refractivity contribution in [2.75, 3.05) is 26.7 Å². The van der Waals surface area contributed by atoms with Gasteiger partial charge in [-0.05, 0) is 12.3 Å². The van der Waals surface area contributed by atoms with E-state index in [-0.39, 0.29) is 0 Å². The monoisotopic (exact) mass is 202 g/mol. The van der Waals surface area contributed by atoms with Gasteiger partial charge >= 0.3 is 0 Å². The molecule has 0 spiro atoms. The average molecular weight is 203 g/mol. The topological polar surface area (TPSA) is 9.23 Å². The van der Waals surface area contributed by atoms with Crippen molar-refractivity contribution in [2.45, 2.75) is 13.3 Å². The van der Waals surface area contributed by atoms with Crippen LogP contribution in [-0.4, -0.2) is 26.7 Å². The zero-order chi connectivity index (χ0) is 8.12. The van der Waals surface area contributed by atoms with Gasteiger partial charge in [-0.2, -0.15) is 0 Å². The van der Waals surface area contributed by atoms with E-state index in [0.29, 0.717) is 7.18 Å². The van der Waals surface area contributed by atoms with Crippen molar-refractivity contribution >= 4 is 15.9 Å². The van der Waals surface area contributed by atoms with Crippen LogP contribution in [0.5, 0.6) is 0 Å². The lowest BCUT2D eigenvalue weighted by Gasteiger charge is -1.84. The summed E-state index contributed by atoms with van der Waals surface area (Å²) in [6.07, 6.45) is 1.12. The van der Waals surface area contributed by atoms with Gasteiger partial charge in [0.1, 0.15) is 0 Å². The van der Waals surface area contributed by atoms with Gasteiger partial charge in [0.15, 0.2) is 0 Å². The van der Waals surface area contributed by atoms with Crippen molar-refractivity contribution < 1.29 is 9.13 Å². The SMILES string of the molecule is CBr.CCCOC.CF. The molecule has 0 aliphatic rings. The van der Waals surface area contributed by atoms with E-state index >= 15 is 0 Å². The van der Waals surface area contributed by atoms with Crippen molar-refractivity contribution in [3.05, 3.63) is 0 Å². The summed E-state index contributed by atoms with van der Waals surface area (Å²) in [6, 6.07) is 0. The highest BCUT2D eigenvalue weighted by Crippen LogP contribution is 1.70. The molecule has 0 atom stereocenters. The quantitative estimate of drug-likeness (QED) is 0.627. The number of alkyl halides is 2. The Bertz CT molecular complexity index is 20.5. The Morgan fingerprint density at radius 3 is 1.67 bits per heavy atom. The Kier molecular flexibility index (Phi) is 72.0. The zero-order valence-corrected chi connectivity index (χ0v) is 8.16. The zero-order valence-electron chi connectivity index (χ0n) is 6.58. The highest BCUT2D eigenvalue weighted by molar-refractivity contribution is 9.08. The molecule has 0 N–H and O–H groups in total. The number of methoxy groups -OCH3 is 1. The van der Waals surface area contributed by atoms with Gasteiger partial charge in [-0.15, -0.1) is 0 Å². The second-order valence-electron chi connectivity index (χ2n) is 0.993. The lowest BCUT2D eigenvalue weighted by Crippen LogP contribution is -1.80. The van der Waals surface area contributed by atoms with Gasteiger partial charge in [-0.1, -0.05) is 22.9 Å². The van der Waals surface area contributed by atoms with Crippen LogP contribution >= 0.6 is 15.9 Å². The second-order valence-corrected chi connectivity index (χ2v) is 0.993. The Labute approximate surface area is 65.7 Å². The highest BCUT2D eigenvalue weighted by Gasteiger charge is 1.66. The molecule has 3 heteroatoms. The third-order valence-electron chi connectivity index (χ3n) is 0.408. The first-order valence-corrected chi connectivity index (χ1v) is 4.25. The molecule has 0 fully saturated rings. The van der Waals surface area contributed by atoms with E-state index in [1.165, 1.54) is 0 Å². The summed E-state index contributed by atoms with van der Waals surface area (Å²) in [4.78, 5) is 0. The lowest BCUT2D eigenvalue weighted by molar-refractivity contribution is 0.199. The summed E-state index contributed by atoms with van der Waals surface area (Å²) in [5, 5.41) is 0. The minimum absolute atomic E-state index is 0.500. The minimum Gasteiger partial charge on any atom is -0.385 e. The first-order valence-electron chi connectivity index (χ1n) is 2.66. The van der Waals surface area contributed by atoms with E-state index in [1.54, 1.807) is 7.11 Å². The molecule has 0 aromatic rings. The van der Waals surface area contributed by atoms with E-state index < -0.39 is 0 Å². The Morgan fingerprint density at radius 1 is 1.33 bits per heavy atom. The molecule has 60 valence electrons. The molecule has 0 aliphatic heterocycles. The van der Waals surface area contributed by atoms with E-state index in [2.05, 4.69) is 22.9 Å². The van der Waals surface area contributed by atoms with Gasteiger partial charge in [-0.25, -0.2) is 0 Å². The summed E-state index contributed by atoms with van der Waals surface area (Å²) >= 11 is 2.94.